The van der Waals surface area contributed by atoms with Crippen LogP contribution in [0.4, 0.5) is 0 Å². The van der Waals surface area contributed by atoms with Crippen LogP contribution in [-0.2, 0) is 6.54 Å². The van der Waals surface area contributed by atoms with E-state index in [-0.39, 0.29) is 5.91 Å². The molecule has 0 fully saturated rings. The molecular weight excluding hydrogens is 190 g/mol. The second-order valence-electron chi connectivity index (χ2n) is 3.08. The van der Waals surface area contributed by atoms with Gasteiger partial charge in [-0.25, -0.2) is 4.98 Å². The molecule has 1 aromatic carbocycles. The molecule has 4 nitrogen and oxygen atoms in total. The molecule has 1 amide bonds. The summed E-state index contributed by atoms with van der Waals surface area (Å²) in [6, 6.07) is 9.10. The summed E-state index contributed by atoms with van der Waals surface area (Å²) in [4.78, 5) is 18.5. The summed E-state index contributed by atoms with van der Waals surface area (Å²) >= 11 is 0. The first-order chi connectivity index (χ1) is 7.36. The van der Waals surface area contributed by atoms with Crippen molar-refractivity contribution in [2.24, 2.45) is 0 Å². The maximum absolute atomic E-state index is 11.6. The second-order valence-corrected chi connectivity index (χ2v) is 3.08. The maximum Gasteiger partial charge on any atom is 0.251 e. The summed E-state index contributed by atoms with van der Waals surface area (Å²) < 4.78 is 0. The molecule has 0 aliphatic carbocycles. The molecule has 0 aliphatic rings. The summed E-state index contributed by atoms with van der Waals surface area (Å²) in [5.74, 6) is 0.659. The molecule has 0 bridgehead atoms. The molecule has 2 aromatic rings. The quantitative estimate of drug-likeness (QED) is 0.787. The van der Waals surface area contributed by atoms with E-state index in [4.69, 9.17) is 0 Å². The van der Waals surface area contributed by atoms with Crippen LogP contribution in [0.25, 0.3) is 0 Å². The molecule has 4 heteroatoms. The van der Waals surface area contributed by atoms with Crippen molar-refractivity contribution in [1.82, 2.24) is 15.3 Å². The lowest BCUT2D eigenvalue weighted by molar-refractivity contribution is 0.0950. The van der Waals surface area contributed by atoms with E-state index >= 15 is 0 Å². The Bertz CT molecular complexity index is 422. The molecule has 0 spiro atoms. The number of nitrogens with zero attached hydrogens (tertiary/aromatic N) is 1. The van der Waals surface area contributed by atoms with Crippen LogP contribution in [0.1, 0.15) is 16.2 Å². The van der Waals surface area contributed by atoms with Gasteiger partial charge in [-0.1, -0.05) is 18.2 Å². The van der Waals surface area contributed by atoms with Gasteiger partial charge < -0.3 is 10.3 Å². The van der Waals surface area contributed by atoms with Gasteiger partial charge in [0.05, 0.1) is 6.54 Å². The van der Waals surface area contributed by atoms with E-state index in [1.807, 2.05) is 18.2 Å². The Hall–Kier alpha value is -2.10. The largest absolute Gasteiger partial charge is 0.347 e. The lowest BCUT2D eigenvalue weighted by Gasteiger charge is -2.02. The number of nitrogens with one attached hydrogen (secondary N) is 2. The standard InChI is InChI=1S/C11H11N3O/c15-11(9-4-2-1-3-5-9)14-8-10-12-6-7-13-10/h1-7H,8H2,(H,12,13)(H,14,15). The van der Waals surface area contributed by atoms with Gasteiger partial charge in [-0.15, -0.1) is 0 Å². The van der Waals surface area contributed by atoms with Crippen molar-refractivity contribution >= 4 is 5.91 Å². The summed E-state index contributed by atoms with van der Waals surface area (Å²) in [7, 11) is 0. The number of H-pyrrole nitrogens is 1. The molecule has 15 heavy (non-hydrogen) atoms. The Kier molecular flexibility index (Phi) is 2.78. The van der Waals surface area contributed by atoms with E-state index in [1.54, 1.807) is 24.5 Å². The van der Waals surface area contributed by atoms with Gasteiger partial charge in [0.2, 0.25) is 0 Å². The van der Waals surface area contributed by atoms with Gasteiger partial charge in [0.1, 0.15) is 5.82 Å². The Labute approximate surface area is 87.4 Å². The third kappa shape index (κ3) is 2.43. The Morgan fingerprint density at radius 3 is 2.80 bits per heavy atom. The highest BCUT2D eigenvalue weighted by Gasteiger charge is 2.03. The van der Waals surface area contributed by atoms with Crippen LogP contribution < -0.4 is 5.32 Å². The Morgan fingerprint density at radius 1 is 1.33 bits per heavy atom. The molecule has 0 atom stereocenters. The van der Waals surface area contributed by atoms with Crippen molar-refractivity contribution in [3.05, 3.63) is 54.1 Å². The SMILES string of the molecule is O=C(NCc1ncc[nH]1)c1ccccc1. The van der Waals surface area contributed by atoms with Crippen molar-refractivity contribution in [2.75, 3.05) is 0 Å². The molecule has 0 unspecified atom stereocenters. The summed E-state index contributed by atoms with van der Waals surface area (Å²) in [6.45, 7) is 0.417. The number of hydrogen-bond acceptors (Lipinski definition) is 2. The number of carbonyl (C=O) groups excluding carboxylic acids is 1. The minimum atomic E-state index is -0.0907. The number of amides is 1. The van der Waals surface area contributed by atoms with Crippen molar-refractivity contribution < 1.29 is 4.79 Å². The minimum Gasteiger partial charge on any atom is -0.347 e. The number of aromatic amines is 1. The van der Waals surface area contributed by atoms with Gasteiger partial charge in [0.25, 0.3) is 5.91 Å². The zero-order valence-electron chi connectivity index (χ0n) is 8.10. The first-order valence-electron chi connectivity index (χ1n) is 4.68. The number of imidazole rings is 1. The zero-order valence-corrected chi connectivity index (χ0v) is 8.10. The average Bonchev–Trinajstić information content (AvgIpc) is 2.80. The topological polar surface area (TPSA) is 57.8 Å². The van der Waals surface area contributed by atoms with Crippen LogP contribution in [0.2, 0.25) is 0 Å². The van der Waals surface area contributed by atoms with Gasteiger partial charge in [-0.2, -0.15) is 0 Å². The van der Waals surface area contributed by atoms with E-state index in [9.17, 15) is 4.79 Å². The monoisotopic (exact) mass is 201 g/mol. The minimum absolute atomic E-state index is 0.0907. The fourth-order valence-electron chi connectivity index (χ4n) is 1.25. The number of aromatic nitrogens is 2. The van der Waals surface area contributed by atoms with Crippen molar-refractivity contribution in [3.63, 3.8) is 0 Å². The molecular formula is C11H11N3O. The Balaban J connectivity index is 1.94. The predicted octanol–water partition coefficient (Wildman–Crippen LogP) is 1.34. The van der Waals surface area contributed by atoms with Gasteiger partial charge in [0.15, 0.2) is 0 Å². The smallest absolute Gasteiger partial charge is 0.251 e. The summed E-state index contributed by atoms with van der Waals surface area (Å²) in [5.41, 5.74) is 0.657. The van der Waals surface area contributed by atoms with E-state index in [0.717, 1.165) is 5.82 Å². The Morgan fingerprint density at radius 2 is 2.13 bits per heavy atom. The molecule has 0 aliphatic heterocycles. The highest BCUT2D eigenvalue weighted by Crippen LogP contribution is 1.98. The third-order valence-corrected chi connectivity index (χ3v) is 2.01. The summed E-state index contributed by atoms with van der Waals surface area (Å²) in [5, 5.41) is 2.77. The van der Waals surface area contributed by atoms with Gasteiger partial charge >= 0.3 is 0 Å². The number of carbonyl (C=O) groups is 1. The molecule has 0 saturated carbocycles. The van der Waals surface area contributed by atoms with Crippen molar-refractivity contribution in [3.8, 4) is 0 Å². The number of benzene rings is 1. The zero-order chi connectivity index (χ0) is 10.5. The molecule has 2 N–H and O–H groups in total. The number of hydrogen-bond donors (Lipinski definition) is 2. The molecule has 1 aromatic heterocycles. The highest BCUT2D eigenvalue weighted by atomic mass is 16.1. The molecule has 2 rings (SSSR count). The van der Waals surface area contributed by atoms with Crippen LogP contribution in [0.3, 0.4) is 0 Å². The average molecular weight is 201 g/mol. The normalized spacial score (nSPS) is 9.87. The van der Waals surface area contributed by atoms with Crippen LogP contribution >= 0.6 is 0 Å². The molecule has 76 valence electrons. The van der Waals surface area contributed by atoms with E-state index in [1.165, 1.54) is 0 Å². The molecule has 1 heterocycles. The van der Waals surface area contributed by atoms with Crippen LogP contribution in [-0.4, -0.2) is 15.9 Å². The van der Waals surface area contributed by atoms with Crippen molar-refractivity contribution in [1.29, 1.82) is 0 Å². The van der Waals surface area contributed by atoms with E-state index in [2.05, 4.69) is 15.3 Å². The molecule has 0 radical (unpaired) electrons. The second kappa shape index (κ2) is 4.41. The van der Waals surface area contributed by atoms with Crippen LogP contribution in [0.15, 0.2) is 42.7 Å². The highest BCUT2D eigenvalue weighted by molar-refractivity contribution is 5.93. The summed E-state index contributed by atoms with van der Waals surface area (Å²) in [6.07, 6.45) is 3.38. The third-order valence-electron chi connectivity index (χ3n) is 2.01. The van der Waals surface area contributed by atoms with Crippen molar-refractivity contribution in [2.45, 2.75) is 6.54 Å². The first-order valence-corrected chi connectivity index (χ1v) is 4.68. The lowest BCUT2D eigenvalue weighted by Crippen LogP contribution is -2.23. The van der Waals surface area contributed by atoms with Gasteiger partial charge in [-0.05, 0) is 12.1 Å². The van der Waals surface area contributed by atoms with E-state index in [0.29, 0.717) is 12.1 Å². The van der Waals surface area contributed by atoms with Crippen LogP contribution in [0.5, 0.6) is 0 Å². The van der Waals surface area contributed by atoms with Gasteiger partial charge in [-0.3, -0.25) is 4.79 Å². The number of rotatable bonds is 3. The first kappa shape index (κ1) is 9.45. The van der Waals surface area contributed by atoms with E-state index < -0.39 is 0 Å². The fraction of sp³-hybridized carbons (Fsp3) is 0.0909. The fourth-order valence-corrected chi connectivity index (χ4v) is 1.25. The predicted molar refractivity (Wildman–Crippen MR) is 56.2 cm³/mol. The lowest BCUT2D eigenvalue weighted by atomic mass is 10.2. The maximum atomic E-state index is 11.6. The molecule has 0 saturated heterocycles. The van der Waals surface area contributed by atoms with Gasteiger partial charge in [0, 0.05) is 18.0 Å². The van der Waals surface area contributed by atoms with Crippen LogP contribution in [0, 0.1) is 0 Å².